The maximum absolute atomic E-state index is 13.3. The number of anilines is 1. The van der Waals surface area contributed by atoms with Gasteiger partial charge in [-0.15, -0.1) is 0 Å². The molecule has 3 amide bonds. The maximum Gasteiger partial charge on any atom is 0.276 e. The highest BCUT2D eigenvalue weighted by Gasteiger charge is 2.28. The normalized spacial score (nSPS) is 19.4. The lowest BCUT2D eigenvalue weighted by Gasteiger charge is -2.37. The van der Waals surface area contributed by atoms with Gasteiger partial charge in [0.15, 0.2) is 0 Å². The zero-order chi connectivity index (χ0) is 35.6. The third-order valence-electron chi connectivity index (χ3n) is 10.5. The molecule has 3 saturated heterocycles. The van der Waals surface area contributed by atoms with Crippen molar-refractivity contribution in [1.29, 1.82) is 0 Å². The summed E-state index contributed by atoms with van der Waals surface area (Å²) in [5.41, 5.74) is 4.92. The average molecular weight is 715 g/mol. The number of methoxy groups -OCH3 is 1. The van der Waals surface area contributed by atoms with Crippen LogP contribution in [0, 0.1) is 0 Å². The summed E-state index contributed by atoms with van der Waals surface area (Å²) in [7, 11) is 3.34. The third kappa shape index (κ3) is 7.51. The summed E-state index contributed by atoms with van der Waals surface area (Å²) in [6.07, 6.45) is 6.22. The lowest BCUT2D eigenvalue weighted by atomic mass is 9.89. The Labute approximate surface area is 300 Å². The number of carbonyl (C=O) groups excluding carboxylic acids is 3. The Morgan fingerprint density at radius 1 is 0.980 bits per heavy atom. The van der Waals surface area contributed by atoms with Crippen molar-refractivity contribution in [3.8, 4) is 16.9 Å². The zero-order valence-corrected chi connectivity index (χ0v) is 29.7. The van der Waals surface area contributed by atoms with Crippen molar-refractivity contribution in [3.05, 3.63) is 75.3 Å². The molecule has 3 fully saturated rings. The van der Waals surface area contributed by atoms with Gasteiger partial charge < -0.3 is 19.5 Å². The van der Waals surface area contributed by atoms with Crippen molar-refractivity contribution >= 4 is 45.9 Å². The van der Waals surface area contributed by atoms with Crippen LogP contribution in [0.4, 0.5) is 5.69 Å². The minimum atomic E-state index is -0.395. The number of hydrogen-bond donors (Lipinski definition) is 3. The highest BCUT2D eigenvalue weighted by Crippen LogP contribution is 2.37. The van der Waals surface area contributed by atoms with Crippen LogP contribution in [0.2, 0.25) is 5.02 Å². The average Bonchev–Trinajstić information content (AvgIpc) is 3.63. The van der Waals surface area contributed by atoms with E-state index in [9.17, 15) is 19.2 Å². The van der Waals surface area contributed by atoms with Crippen LogP contribution in [0.3, 0.4) is 0 Å². The van der Waals surface area contributed by atoms with Gasteiger partial charge in [-0.1, -0.05) is 23.7 Å². The van der Waals surface area contributed by atoms with E-state index < -0.39 is 6.04 Å². The highest BCUT2D eigenvalue weighted by atomic mass is 35.5. The number of aryl methyl sites for hydroxylation is 1. The Kier molecular flexibility index (Phi) is 10.1. The van der Waals surface area contributed by atoms with E-state index in [4.69, 9.17) is 16.3 Å². The molecule has 3 aliphatic rings. The van der Waals surface area contributed by atoms with Crippen LogP contribution >= 0.6 is 11.6 Å². The van der Waals surface area contributed by atoms with Crippen LogP contribution in [0.25, 0.3) is 22.0 Å². The molecule has 3 N–H and O–H groups in total. The van der Waals surface area contributed by atoms with Crippen LogP contribution in [-0.2, 0) is 28.0 Å². The molecule has 13 nitrogen and oxygen atoms in total. The van der Waals surface area contributed by atoms with Gasteiger partial charge >= 0.3 is 0 Å². The summed E-state index contributed by atoms with van der Waals surface area (Å²) < 4.78 is 7.31. The molecule has 268 valence electrons. The first-order valence-electron chi connectivity index (χ1n) is 17.5. The first-order valence-corrected chi connectivity index (χ1v) is 17.9. The number of ether oxygens (including phenoxy) is 1. The van der Waals surface area contributed by atoms with Crippen LogP contribution in [-0.4, -0.2) is 106 Å². The van der Waals surface area contributed by atoms with Crippen molar-refractivity contribution in [2.24, 2.45) is 7.05 Å². The number of piperidine rings is 2. The second-order valence-electron chi connectivity index (χ2n) is 13.7. The SMILES string of the molecule is COc1cc(-c2cn(C)c(=O)c3[nH]ncc23)c(Cl)cc1CN1CCN(C(=O)CN2CCC(c3ccc(NC4CCC(=O)NC4=O)cc3)CC2)CC1. The number of nitrogens with one attached hydrogen (secondary N) is 3. The molecule has 7 rings (SSSR count). The molecular formula is C37H43ClN8O5. The molecule has 0 saturated carbocycles. The van der Waals surface area contributed by atoms with Crippen molar-refractivity contribution in [2.75, 3.05) is 58.2 Å². The number of carbonyl (C=O) groups is 3. The minimum Gasteiger partial charge on any atom is -0.496 e. The lowest BCUT2D eigenvalue weighted by Crippen LogP contribution is -2.51. The number of rotatable bonds is 9. The van der Waals surface area contributed by atoms with Gasteiger partial charge in [-0.2, -0.15) is 5.10 Å². The fraction of sp³-hybridized carbons (Fsp3) is 0.432. The number of imide groups is 1. The minimum absolute atomic E-state index is 0.157. The van der Waals surface area contributed by atoms with Crippen molar-refractivity contribution in [2.45, 2.75) is 44.2 Å². The number of nitrogens with zero attached hydrogens (tertiary/aromatic N) is 5. The first kappa shape index (κ1) is 34.7. The molecule has 2 aromatic heterocycles. The number of H-pyrrole nitrogens is 1. The smallest absolute Gasteiger partial charge is 0.276 e. The van der Waals surface area contributed by atoms with Gasteiger partial charge in [0.25, 0.3) is 5.56 Å². The van der Waals surface area contributed by atoms with E-state index in [1.54, 1.807) is 26.6 Å². The number of benzene rings is 2. The zero-order valence-electron chi connectivity index (χ0n) is 28.9. The first-order chi connectivity index (χ1) is 24.7. The van der Waals surface area contributed by atoms with E-state index >= 15 is 0 Å². The topological polar surface area (TPSA) is 145 Å². The summed E-state index contributed by atoms with van der Waals surface area (Å²) in [6, 6.07) is 11.7. The van der Waals surface area contributed by atoms with E-state index in [2.05, 4.69) is 42.8 Å². The molecule has 2 aromatic carbocycles. The van der Waals surface area contributed by atoms with Crippen LogP contribution in [0.15, 0.2) is 53.6 Å². The van der Waals surface area contributed by atoms with Crippen molar-refractivity contribution in [1.82, 2.24) is 34.8 Å². The molecule has 0 radical (unpaired) electrons. The summed E-state index contributed by atoms with van der Waals surface area (Å²) in [5.74, 6) is 0.817. The number of hydrogen-bond acceptors (Lipinski definition) is 9. The van der Waals surface area contributed by atoms with Gasteiger partial charge in [-0.25, -0.2) is 0 Å². The third-order valence-corrected chi connectivity index (χ3v) is 10.8. The fourth-order valence-electron chi connectivity index (χ4n) is 7.48. The molecule has 14 heteroatoms. The van der Waals surface area contributed by atoms with Crippen molar-refractivity contribution in [3.63, 3.8) is 0 Å². The van der Waals surface area contributed by atoms with Gasteiger partial charge in [0.2, 0.25) is 17.7 Å². The number of likely N-dealkylation sites (tertiary alicyclic amines) is 1. The van der Waals surface area contributed by atoms with Gasteiger partial charge in [-0.05, 0) is 68.1 Å². The molecule has 1 atom stereocenters. The molecule has 51 heavy (non-hydrogen) atoms. The van der Waals surface area contributed by atoms with E-state index in [1.807, 2.05) is 29.2 Å². The van der Waals surface area contributed by atoms with E-state index in [0.717, 1.165) is 61.4 Å². The summed E-state index contributed by atoms with van der Waals surface area (Å²) in [5, 5.41) is 13.8. The predicted octanol–water partition coefficient (Wildman–Crippen LogP) is 3.33. The van der Waals surface area contributed by atoms with Gasteiger partial charge in [0, 0.05) is 85.2 Å². The highest BCUT2D eigenvalue weighted by molar-refractivity contribution is 6.34. The molecule has 1 unspecified atom stereocenters. The number of aromatic nitrogens is 3. The molecule has 0 spiro atoms. The largest absolute Gasteiger partial charge is 0.496 e. The monoisotopic (exact) mass is 714 g/mol. The fourth-order valence-corrected chi connectivity index (χ4v) is 7.76. The van der Waals surface area contributed by atoms with Crippen molar-refractivity contribution < 1.29 is 19.1 Å². The maximum atomic E-state index is 13.3. The van der Waals surface area contributed by atoms with E-state index in [0.29, 0.717) is 66.6 Å². The van der Waals surface area contributed by atoms with E-state index in [-0.39, 0.29) is 23.3 Å². The van der Waals surface area contributed by atoms with Gasteiger partial charge in [0.05, 0.1) is 19.9 Å². The second kappa shape index (κ2) is 14.9. The Morgan fingerprint density at radius 3 is 2.43 bits per heavy atom. The number of piperazine rings is 1. The number of pyridine rings is 1. The molecule has 3 aliphatic heterocycles. The molecule has 5 heterocycles. The Balaban J connectivity index is 0.885. The predicted molar refractivity (Wildman–Crippen MR) is 195 cm³/mol. The van der Waals surface area contributed by atoms with E-state index in [1.165, 1.54) is 10.1 Å². The Hall–Kier alpha value is -4.72. The molecule has 4 aromatic rings. The summed E-state index contributed by atoms with van der Waals surface area (Å²) >= 11 is 6.85. The van der Waals surface area contributed by atoms with Gasteiger partial charge in [0.1, 0.15) is 17.3 Å². The summed E-state index contributed by atoms with van der Waals surface area (Å²) in [6.45, 7) is 5.65. The molecular weight excluding hydrogens is 672 g/mol. The number of aromatic amines is 1. The molecule has 0 bridgehead atoms. The Morgan fingerprint density at radius 2 is 1.73 bits per heavy atom. The second-order valence-corrected chi connectivity index (χ2v) is 14.1. The number of fused-ring (bicyclic) bond motifs is 1. The number of amides is 3. The number of halogens is 1. The van der Waals surface area contributed by atoms with Crippen LogP contribution < -0.4 is 20.9 Å². The molecule has 0 aliphatic carbocycles. The van der Waals surface area contributed by atoms with Crippen LogP contribution in [0.5, 0.6) is 5.75 Å². The summed E-state index contributed by atoms with van der Waals surface area (Å²) in [4.78, 5) is 55.9. The van der Waals surface area contributed by atoms with Gasteiger partial charge in [-0.3, -0.25) is 39.4 Å². The Bertz CT molecular complexity index is 1990. The van der Waals surface area contributed by atoms with Crippen LogP contribution in [0.1, 0.15) is 42.7 Å². The lowest BCUT2D eigenvalue weighted by molar-refractivity contribution is -0.135. The quantitative estimate of drug-likeness (QED) is 0.223. The standard InChI is InChI=1S/C37H43ClN8O5/c1-43-21-29(28-19-39-42-35(28)37(43)50)27-18-32(51-2)25(17-30(27)38)20-45-13-15-46(16-14-45)34(48)22-44-11-9-24(10-12-44)23-3-5-26(6-4-23)40-31-7-8-33(47)41-36(31)49/h3-6,17-19,21,24,31,40H,7-16,20,22H2,1-2H3,(H,39,42)(H,41,47,49).